The second-order valence-electron chi connectivity index (χ2n) is 7.47. The fourth-order valence-electron chi connectivity index (χ4n) is 4.34. The van der Waals surface area contributed by atoms with Crippen LogP contribution < -0.4 is 4.90 Å². The third-order valence-corrected chi connectivity index (χ3v) is 5.86. The van der Waals surface area contributed by atoms with E-state index in [0.29, 0.717) is 18.4 Å². The van der Waals surface area contributed by atoms with Gasteiger partial charge >= 0.3 is 0 Å². The number of aryl methyl sites for hydroxylation is 1. The predicted octanol–water partition coefficient (Wildman–Crippen LogP) is 3.60. The summed E-state index contributed by atoms with van der Waals surface area (Å²) in [6, 6.07) is 17.0. The number of fused-ring (bicyclic) bond motifs is 2. The monoisotopic (exact) mass is 361 g/mol. The van der Waals surface area contributed by atoms with Crippen LogP contribution in [0.3, 0.4) is 0 Å². The van der Waals surface area contributed by atoms with Crippen LogP contribution in [0.1, 0.15) is 29.9 Å². The molecule has 0 saturated carbocycles. The number of rotatable bonds is 3. The quantitative estimate of drug-likeness (QED) is 0.715. The molecule has 0 unspecified atom stereocenters. The Labute approximate surface area is 158 Å². The minimum atomic E-state index is 0.272. The summed E-state index contributed by atoms with van der Waals surface area (Å²) in [4.78, 5) is 21.5. The highest BCUT2D eigenvalue weighted by atomic mass is 16.4. The van der Waals surface area contributed by atoms with Crippen molar-refractivity contribution in [2.45, 2.75) is 25.2 Å². The molecule has 0 radical (unpaired) electrons. The zero-order chi connectivity index (χ0) is 18.2. The molecule has 5 nitrogen and oxygen atoms in total. The van der Waals surface area contributed by atoms with Gasteiger partial charge in [0.05, 0.1) is 0 Å². The molecule has 2 aromatic carbocycles. The fourth-order valence-corrected chi connectivity index (χ4v) is 4.34. The number of carbonyl (C=O) groups excluding carboxylic acids is 1. The molecule has 0 spiro atoms. The van der Waals surface area contributed by atoms with Crippen LogP contribution in [0.25, 0.3) is 11.1 Å². The lowest BCUT2D eigenvalue weighted by Gasteiger charge is -2.34. The van der Waals surface area contributed by atoms with Crippen molar-refractivity contribution in [2.24, 2.45) is 0 Å². The van der Waals surface area contributed by atoms with Crippen molar-refractivity contribution in [3.63, 3.8) is 0 Å². The number of carbonyl (C=O) groups is 1. The largest absolute Gasteiger partial charge is 0.423 e. The van der Waals surface area contributed by atoms with Crippen LogP contribution in [-0.4, -0.2) is 42.0 Å². The average Bonchev–Trinajstić information content (AvgIpc) is 3.32. The van der Waals surface area contributed by atoms with Gasteiger partial charge in [0.25, 0.3) is 6.01 Å². The van der Waals surface area contributed by atoms with Gasteiger partial charge in [0.1, 0.15) is 5.52 Å². The Balaban J connectivity index is 1.21. The van der Waals surface area contributed by atoms with Gasteiger partial charge in [0, 0.05) is 32.6 Å². The van der Waals surface area contributed by atoms with Gasteiger partial charge < -0.3 is 14.2 Å². The number of piperazine rings is 1. The molecule has 138 valence electrons. The Kier molecular flexibility index (Phi) is 4.07. The van der Waals surface area contributed by atoms with E-state index in [2.05, 4.69) is 34.1 Å². The maximum atomic E-state index is 12.8. The van der Waals surface area contributed by atoms with Crippen LogP contribution in [0.15, 0.2) is 52.9 Å². The molecule has 1 saturated heterocycles. The van der Waals surface area contributed by atoms with Gasteiger partial charge in [0.2, 0.25) is 5.91 Å². The normalized spacial score (nSPS) is 19.5. The first-order valence-electron chi connectivity index (χ1n) is 9.74. The lowest BCUT2D eigenvalue weighted by atomic mass is 9.97. The Morgan fingerprint density at radius 1 is 1.04 bits per heavy atom. The van der Waals surface area contributed by atoms with E-state index in [4.69, 9.17) is 4.42 Å². The summed E-state index contributed by atoms with van der Waals surface area (Å²) in [6.07, 6.45) is 2.81. The zero-order valence-electron chi connectivity index (χ0n) is 15.3. The maximum absolute atomic E-state index is 12.8. The van der Waals surface area contributed by atoms with Gasteiger partial charge in [-0.25, -0.2) is 0 Å². The number of nitrogens with zero attached hydrogens (tertiary/aromatic N) is 3. The molecule has 0 bridgehead atoms. The lowest BCUT2D eigenvalue weighted by Crippen LogP contribution is -2.49. The fraction of sp³-hybridized carbons (Fsp3) is 0.364. The van der Waals surface area contributed by atoms with Crippen molar-refractivity contribution in [3.8, 4) is 0 Å². The summed E-state index contributed by atoms with van der Waals surface area (Å²) in [5.74, 6) is 0.651. The first kappa shape index (κ1) is 16.4. The van der Waals surface area contributed by atoms with Gasteiger partial charge in [-0.05, 0) is 42.0 Å². The molecule has 3 aromatic rings. The van der Waals surface area contributed by atoms with Gasteiger partial charge in [-0.2, -0.15) is 4.98 Å². The summed E-state index contributed by atoms with van der Waals surface area (Å²) in [5.41, 5.74) is 4.48. The van der Waals surface area contributed by atoms with E-state index >= 15 is 0 Å². The number of hydrogen-bond donors (Lipinski definition) is 0. The number of aromatic nitrogens is 1. The number of amides is 1. The molecule has 1 aliphatic heterocycles. The van der Waals surface area contributed by atoms with E-state index in [-0.39, 0.29) is 5.91 Å². The molecule has 1 aliphatic carbocycles. The molecule has 5 heteroatoms. The Morgan fingerprint density at radius 2 is 1.81 bits per heavy atom. The van der Waals surface area contributed by atoms with E-state index in [1.165, 1.54) is 11.1 Å². The number of hydrogen-bond acceptors (Lipinski definition) is 4. The van der Waals surface area contributed by atoms with E-state index in [9.17, 15) is 4.79 Å². The van der Waals surface area contributed by atoms with E-state index in [1.54, 1.807) is 0 Å². The number of anilines is 1. The SMILES string of the molecule is O=C(C[C@H]1CCc2ccccc21)N1CCN(c2nc3ccccc3o2)CC1. The van der Waals surface area contributed by atoms with Crippen LogP contribution >= 0.6 is 0 Å². The number of oxazole rings is 1. The first-order chi connectivity index (χ1) is 13.3. The van der Waals surface area contributed by atoms with Crippen molar-refractivity contribution >= 4 is 23.0 Å². The highest BCUT2D eigenvalue weighted by Gasteiger charge is 2.29. The van der Waals surface area contributed by atoms with E-state index in [0.717, 1.165) is 50.1 Å². The predicted molar refractivity (Wildman–Crippen MR) is 105 cm³/mol. The topological polar surface area (TPSA) is 49.6 Å². The van der Waals surface area contributed by atoms with Crippen LogP contribution in [0.5, 0.6) is 0 Å². The van der Waals surface area contributed by atoms with Crippen LogP contribution in [-0.2, 0) is 11.2 Å². The minimum absolute atomic E-state index is 0.272. The van der Waals surface area contributed by atoms with Crippen LogP contribution in [0, 0.1) is 0 Å². The van der Waals surface area contributed by atoms with E-state index in [1.807, 2.05) is 29.2 Å². The van der Waals surface area contributed by atoms with Crippen molar-refractivity contribution < 1.29 is 9.21 Å². The van der Waals surface area contributed by atoms with Crippen LogP contribution in [0.4, 0.5) is 6.01 Å². The highest BCUT2D eigenvalue weighted by molar-refractivity contribution is 5.78. The second-order valence-corrected chi connectivity index (χ2v) is 7.47. The highest BCUT2D eigenvalue weighted by Crippen LogP contribution is 2.35. The number of benzene rings is 2. The third-order valence-electron chi connectivity index (χ3n) is 5.86. The Morgan fingerprint density at radius 3 is 2.67 bits per heavy atom. The molecule has 1 fully saturated rings. The van der Waals surface area contributed by atoms with Crippen molar-refractivity contribution in [3.05, 3.63) is 59.7 Å². The average molecular weight is 361 g/mol. The maximum Gasteiger partial charge on any atom is 0.298 e. The number of para-hydroxylation sites is 2. The molecular formula is C22H23N3O2. The van der Waals surface area contributed by atoms with Gasteiger partial charge in [-0.1, -0.05) is 36.4 Å². The van der Waals surface area contributed by atoms with Crippen LogP contribution in [0.2, 0.25) is 0 Å². The third kappa shape index (κ3) is 3.07. The Bertz CT molecular complexity index is 939. The first-order valence-corrected chi connectivity index (χ1v) is 9.74. The summed E-state index contributed by atoms with van der Waals surface area (Å²) < 4.78 is 5.86. The Hall–Kier alpha value is -2.82. The molecule has 1 aromatic heterocycles. The lowest BCUT2D eigenvalue weighted by molar-refractivity contribution is -0.131. The van der Waals surface area contributed by atoms with Gasteiger partial charge in [-0.3, -0.25) is 4.79 Å². The molecular weight excluding hydrogens is 338 g/mol. The second kappa shape index (κ2) is 6.72. The minimum Gasteiger partial charge on any atom is -0.423 e. The molecule has 0 N–H and O–H groups in total. The molecule has 27 heavy (non-hydrogen) atoms. The van der Waals surface area contributed by atoms with Crippen molar-refractivity contribution in [1.82, 2.24) is 9.88 Å². The summed E-state index contributed by atoms with van der Waals surface area (Å²) >= 11 is 0. The zero-order valence-corrected chi connectivity index (χ0v) is 15.3. The summed E-state index contributed by atoms with van der Waals surface area (Å²) in [5, 5.41) is 0. The standard InChI is InChI=1S/C22H23N3O2/c26-21(15-17-10-9-16-5-1-2-6-18(16)17)24-11-13-25(14-12-24)22-23-19-7-3-4-8-20(19)27-22/h1-8,17H,9-15H2/t17-/m1/s1. The smallest absolute Gasteiger partial charge is 0.298 e. The molecule has 5 rings (SSSR count). The van der Waals surface area contributed by atoms with Crippen molar-refractivity contribution in [2.75, 3.05) is 31.1 Å². The molecule has 1 atom stereocenters. The molecule has 2 heterocycles. The van der Waals surface area contributed by atoms with Gasteiger partial charge in [-0.15, -0.1) is 0 Å². The summed E-state index contributed by atoms with van der Waals surface area (Å²) in [6.45, 7) is 2.98. The van der Waals surface area contributed by atoms with Crippen molar-refractivity contribution in [1.29, 1.82) is 0 Å². The summed E-state index contributed by atoms with van der Waals surface area (Å²) in [7, 11) is 0. The molecule has 1 amide bonds. The van der Waals surface area contributed by atoms with E-state index < -0.39 is 0 Å². The van der Waals surface area contributed by atoms with Gasteiger partial charge in [0.15, 0.2) is 5.58 Å². The molecule has 2 aliphatic rings.